The van der Waals surface area contributed by atoms with Crippen LogP contribution in [0.3, 0.4) is 0 Å². The minimum atomic E-state index is -0.163. The summed E-state index contributed by atoms with van der Waals surface area (Å²) in [7, 11) is 1.91. The summed E-state index contributed by atoms with van der Waals surface area (Å²) in [5.41, 5.74) is 1.20. The Morgan fingerprint density at radius 1 is 1.24 bits per heavy atom. The van der Waals surface area contributed by atoms with Crippen LogP contribution in [0.1, 0.15) is 57.9 Å². The van der Waals surface area contributed by atoms with E-state index in [1.807, 2.05) is 7.05 Å². The first-order valence-electron chi connectivity index (χ1n) is 8.13. The highest BCUT2D eigenvalue weighted by Gasteiger charge is 2.24. The zero-order chi connectivity index (χ0) is 15.7. The molecule has 0 aliphatic carbocycles. The monoisotopic (exact) mass is 293 g/mol. The number of hydrogen-bond donors (Lipinski definition) is 2. The van der Waals surface area contributed by atoms with E-state index in [4.69, 9.17) is 4.74 Å². The lowest BCUT2D eigenvalue weighted by Crippen LogP contribution is -2.46. The molecule has 0 saturated carbocycles. The van der Waals surface area contributed by atoms with Gasteiger partial charge in [-0.25, -0.2) is 0 Å². The fraction of sp³-hybridized carbons (Fsp3) is 0.667. The van der Waals surface area contributed by atoms with E-state index in [1.165, 1.54) is 5.56 Å². The minimum absolute atomic E-state index is 0.163. The lowest BCUT2D eigenvalue weighted by molar-refractivity contribution is 0.145. The topological polar surface area (TPSA) is 41.5 Å². The maximum absolute atomic E-state index is 9.50. The number of aliphatic hydroxyl groups is 1. The molecule has 0 radical (unpaired) electrons. The Balaban J connectivity index is 2.39. The summed E-state index contributed by atoms with van der Waals surface area (Å²) in [5, 5.41) is 12.7. The largest absolute Gasteiger partial charge is 0.494 e. The van der Waals surface area contributed by atoms with Gasteiger partial charge in [-0.3, -0.25) is 0 Å². The highest BCUT2D eigenvalue weighted by Crippen LogP contribution is 2.22. The number of likely N-dealkylation sites (N-methyl/N-ethyl adjacent to an activating group) is 1. The van der Waals surface area contributed by atoms with Gasteiger partial charge in [0.25, 0.3) is 0 Å². The Hall–Kier alpha value is -1.06. The molecule has 0 spiro atoms. The van der Waals surface area contributed by atoms with Crippen molar-refractivity contribution in [3.63, 3.8) is 0 Å². The summed E-state index contributed by atoms with van der Waals surface area (Å²) in [6, 6.07) is 8.42. The van der Waals surface area contributed by atoms with Crippen LogP contribution in [0.25, 0.3) is 0 Å². The second-order valence-corrected chi connectivity index (χ2v) is 5.87. The van der Waals surface area contributed by atoms with Gasteiger partial charge in [-0.15, -0.1) is 0 Å². The molecule has 1 rings (SSSR count). The van der Waals surface area contributed by atoms with E-state index in [9.17, 15) is 5.11 Å². The van der Waals surface area contributed by atoms with Gasteiger partial charge in [0.05, 0.1) is 13.2 Å². The van der Waals surface area contributed by atoms with Crippen LogP contribution in [0, 0.1) is 0 Å². The summed E-state index contributed by atoms with van der Waals surface area (Å²) < 4.78 is 5.79. The van der Waals surface area contributed by atoms with Crippen molar-refractivity contribution in [1.82, 2.24) is 5.32 Å². The SMILES string of the molecule is CCC(C)c1ccc(OCCCC(CC)(CO)NC)cc1. The molecule has 0 aliphatic rings. The van der Waals surface area contributed by atoms with Crippen LogP contribution in [0.5, 0.6) is 5.75 Å². The predicted molar refractivity (Wildman–Crippen MR) is 89.0 cm³/mol. The second-order valence-electron chi connectivity index (χ2n) is 5.87. The van der Waals surface area contributed by atoms with E-state index in [-0.39, 0.29) is 12.1 Å². The number of rotatable bonds is 10. The molecular weight excluding hydrogens is 262 g/mol. The average Bonchev–Trinajstić information content (AvgIpc) is 2.55. The van der Waals surface area contributed by atoms with Crippen LogP contribution in [-0.4, -0.2) is 30.9 Å². The smallest absolute Gasteiger partial charge is 0.119 e. The molecule has 0 bridgehead atoms. The van der Waals surface area contributed by atoms with Gasteiger partial charge in [-0.1, -0.05) is 32.9 Å². The van der Waals surface area contributed by atoms with Crippen molar-refractivity contribution in [2.45, 2.75) is 57.9 Å². The molecule has 21 heavy (non-hydrogen) atoms. The Morgan fingerprint density at radius 2 is 1.90 bits per heavy atom. The molecule has 0 heterocycles. The first kappa shape index (κ1) is 18.0. The van der Waals surface area contributed by atoms with Gasteiger partial charge < -0.3 is 15.2 Å². The first-order valence-corrected chi connectivity index (χ1v) is 8.13. The Kier molecular flexibility index (Phi) is 7.76. The number of benzene rings is 1. The molecule has 3 nitrogen and oxygen atoms in total. The molecule has 3 heteroatoms. The van der Waals surface area contributed by atoms with Crippen molar-refractivity contribution in [2.75, 3.05) is 20.3 Å². The number of hydrogen-bond acceptors (Lipinski definition) is 3. The quantitative estimate of drug-likeness (QED) is 0.646. The Morgan fingerprint density at radius 3 is 2.38 bits per heavy atom. The zero-order valence-electron chi connectivity index (χ0n) is 14.0. The zero-order valence-corrected chi connectivity index (χ0v) is 14.0. The summed E-state index contributed by atoms with van der Waals surface area (Å²) in [5.74, 6) is 1.53. The average molecular weight is 293 g/mol. The van der Waals surface area contributed by atoms with Gasteiger partial charge in [0, 0.05) is 5.54 Å². The molecule has 2 atom stereocenters. The summed E-state index contributed by atoms with van der Waals surface area (Å²) in [6.07, 6.45) is 3.93. The predicted octanol–water partition coefficient (Wildman–Crippen LogP) is 3.72. The fourth-order valence-electron chi connectivity index (χ4n) is 2.48. The van der Waals surface area contributed by atoms with Crippen molar-refractivity contribution in [1.29, 1.82) is 0 Å². The molecule has 1 aromatic rings. The number of nitrogens with one attached hydrogen (secondary N) is 1. The fourth-order valence-corrected chi connectivity index (χ4v) is 2.48. The molecule has 2 N–H and O–H groups in total. The highest BCUT2D eigenvalue weighted by molar-refractivity contribution is 5.29. The molecule has 0 fully saturated rings. The van der Waals surface area contributed by atoms with E-state index < -0.39 is 0 Å². The highest BCUT2D eigenvalue weighted by atomic mass is 16.5. The first-order chi connectivity index (χ1) is 10.1. The maximum atomic E-state index is 9.50. The lowest BCUT2D eigenvalue weighted by Gasteiger charge is -2.30. The second kappa shape index (κ2) is 9.06. The Labute approximate surface area is 129 Å². The molecule has 0 amide bonds. The van der Waals surface area contributed by atoms with Gasteiger partial charge in [0.2, 0.25) is 0 Å². The van der Waals surface area contributed by atoms with Gasteiger partial charge in [-0.2, -0.15) is 0 Å². The van der Waals surface area contributed by atoms with E-state index in [2.05, 4.69) is 50.4 Å². The summed E-state index contributed by atoms with van der Waals surface area (Å²) >= 11 is 0. The third kappa shape index (κ3) is 5.33. The normalized spacial score (nSPS) is 15.5. The third-order valence-corrected chi connectivity index (χ3v) is 4.64. The molecule has 0 aliphatic heterocycles. The minimum Gasteiger partial charge on any atom is -0.494 e. The maximum Gasteiger partial charge on any atom is 0.119 e. The Bertz CT molecular complexity index is 376. The van der Waals surface area contributed by atoms with Gasteiger partial charge in [0.1, 0.15) is 5.75 Å². The standard InChI is InChI=1S/C18H31NO2/c1-5-15(3)16-8-10-17(11-9-16)21-13-7-12-18(6-2,14-20)19-4/h8-11,15,19-20H,5-7,12-14H2,1-4H3. The molecule has 120 valence electrons. The molecule has 0 saturated heterocycles. The lowest BCUT2D eigenvalue weighted by atomic mass is 9.92. The van der Waals surface area contributed by atoms with Crippen LogP contribution in [0.4, 0.5) is 0 Å². The van der Waals surface area contributed by atoms with Crippen molar-refractivity contribution >= 4 is 0 Å². The van der Waals surface area contributed by atoms with Crippen LogP contribution in [-0.2, 0) is 0 Å². The van der Waals surface area contributed by atoms with Gasteiger partial charge in [0.15, 0.2) is 0 Å². The van der Waals surface area contributed by atoms with E-state index >= 15 is 0 Å². The number of aliphatic hydroxyl groups excluding tert-OH is 1. The van der Waals surface area contributed by atoms with Crippen molar-refractivity contribution in [3.8, 4) is 5.75 Å². The van der Waals surface area contributed by atoms with Crippen molar-refractivity contribution in [3.05, 3.63) is 29.8 Å². The van der Waals surface area contributed by atoms with Crippen LogP contribution in [0.15, 0.2) is 24.3 Å². The van der Waals surface area contributed by atoms with E-state index in [0.29, 0.717) is 12.5 Å². The third-order valence-electron chi connectivity index (χ3n) is 4.64. The van der Waals surface area contributed by atoms with Gasteiger partial charge in [-0.05, 0) is 56.3 Å². The molecular formula is C18H31NO2. The van der Waals surface area contributed by atoms with E-state index in [1.54, 1.807) is 0 Å². The molecule has 1 aromatic carbocycles. The molecule has 0 aromatic heterocycles. The number of ether oxygens (including phenoxy) is 1. The van der Waals surface area contributed by atoms with Crippen molar-refractivity contribution < 1.29 is 9.84 Å². The van der Waals surface area contributed by atoms with Crippen LogP contribution >= 0.6 is 0 Å². The van der Waals surface area contributed by atoms with E-state index in [0.717, 1.165) is 31.4 Å². The van der Waals surface area contributed by atoms with Gasteiger partial charge >= 0.3 is 0 Å². The molecule has 2 unspecified atom stereocenters. The summed E-state index contributed by atoms with van der Waals surface area (Å²) in [4.78, 5) is 0. The van der Waals surface area contributed by atoms with Crippen LogP contribution in [0.2, 0.25) is 0 Å². The van der Waals surface area contributed by atoms with Crippen molar-refractivity contribution in [2.24, 2.45) is 0 Å². The van der Waals surface area contributed by atoms with Crippen LogP contribution < -0.4 is 10.1 Å². The summed E-state index contributed by atoms with van der Waals surface area (Å²) in [6.45, 7) is 7.40.